The summed E-state index contributed by atoms with van der Waals surface area (Å²) in [5.74, 6) is -0.877. The fraction of sp³-hybridized carbons (Fsp3) is 0. The van der Waals surface area contributed by atoms with E-state index >= 15 is 0 Å². The van der Waals surface area contributed by atoms with Crippen molar-refractivity contribution in [2.75, 3.05) is 0 Å². The quantitative estimate of drug-likeness (QED) is 0.680. The summed E-state index contributed by atoms with van der Waals surface area (Å²) in [6.07, 6.45) is 1.31. The Morgan fingerprint density at radius 1 is 1.46 bits per heavy atom. The Hall–Kier alpha value is -1.33. The molecule has 0 aromatic heterocycles. The third kappa shape index (κ3) is 2.30. The summed E-state index contributed by atoms with van der Waals surface area (Å²) in [5.41, 5.74) is 0.248. The molecule has 3 nitrogen and oxygen atoms in total. The van der Waals surface area contributed by atoms with E-state index in [9.17, 15) is 4.39 Å². The second-order valence-electron chi connectivity index (χ2n) is 2.31. The molecule has 0 atom stereocenters. The van der Waals surface area contributed by atoms with Crippen LogP contribution in [0.4, 0.5) is 4.39 Å². The minimum atomic E-state index is -2.02. The lowest BCUT2D eigenvalue weighted by molar-refractivity contribution is 0.281. The van der Waals surface area contributed by atoms with Crippen molar-refractivity contribution in [1.82, 2.24) is 0 Å². The lowest BCUT2D eigenvalue weighted by Gasteiger charge is -2.06. The molecule has 0 radical (unpaired) electrons. The van der Waals surface area contributed by atoms with Crippen LogP contribution in [0.3, 0.4) is 0 Å². The summed E-state index contributed by atoms with van der Waals surface area (Å²) in [7, 11) is -2.02. The van der Waals surface area contributed by atoms with Crippen LogP contribution in [0.5, 0.6) is 5.75 Å². The normalized spacial score (nSPS) is 9.46. The average Bonchev–Trinajstić information content (AvgIpc) is 2.08. The van der Waals surface area contributed by atoms with Gasteiger partial charge in [-0.2, -0.15) is 0 Å². The molecule has 0 heterocycles. The zero-order valence-electron chi connectivity index (χ0n) is 6.77. The summed E-state index contributed by atoms with van der Waals surface area (Å²) < 4.78 is 17.6. The highest BCUT2D eigenvalue weighted by molar-refractivity contribution is 6.33. The van der Waals surface area contributed by atoms with E-state index in [0.717, 1.165) is 0 Å². The standard InChI is InChI=1S/C8H8BFO3/c1-2-6-4-3-5-7(8(6)10)13-9(11)12/h2-5,11-12H,1H2. The first kappa shape index (κ1) is 9.76. The Morgan fingerprint density at radius 2 is 2.15 bits per heavy atom. The van der Waals surface area contributed by atoms with Gasteiger partial charge in [0.2, 0.25) is 0 Å². The number of benzene rings is 1. The Labute approximate surface area is 75.3 Å². The Bertz CT molecular complexity index is 314. The molecule has 0 aliphatic rings. The van der Waals surface area contributed by atoms with E-state index in [2.05, 4.69) is 11.2 Å². The Balaban J connectivity index is 3.01. The fourth-order valence-corrected chi connectivity index (χ4v) is 0.890. The van der Waals surface area contributed by atoms with Crippen molar-refractivity contribution in [1.29, 1.82) is 0 Å². The summed E-state index contributed by atoms with van der Waals surface area (Å²) in [6, 6.07) is 4.32. The van der Waals surface area contributed by atoms with Gasteiger partial charge in [-0.15, -0.1) is 0 Å². The largest absolute Gasteiger partial charge is 0.707 e. The predicted octanol–water partition coefficient (Wildman–Crippen LogP) is 0.817. The van der Waals surface area contributed by atoms with Gasteiger partial charge in [0.25, 0.3) is 0 Å². The van der Waals surface area contributed by atoms with Crippen molar-refractivity contribution in [2.45, 2.75) is 0 Å². The first-order valence-corrected chi connectivity index (χ1v) is 3.59. The highest BCUT2D eigenvalue weighted by Crippen LogP contribution is 2.20. The molecule has 0 aliphatic carbocycles. The van der Waals surface area contributed by atoms with E-state index in [0.29, 0.717) is 0 Å². The van der Waals surface area contributed by atoms with Crippen molar-refractivity contribution in [3.8, 4) is 5.75 Å². The number of hydrogen-bond donors (Lipinski definition) is 2. The van der Waals surface area contributed by atoms with Gasteiger partial charge in [-0.25, -0.2) is 4.39 Å². The van der Waals surface area contributed by atoms with Crippen LogP contribution >= 0.6 is 0 Å². The number of hydrogen-bond acceptors (Lipinski definition) is 3. The molecule has 1 aromatic carbocycles. The molecule has 0 saturated carbocycles. The van der Waals surface area contributed by atoms with Crippen LogP contribution < -0.4 is 4.65 Å². The van der Waals surface area contributed by atoms with Crippen molar-refractivity contribution in [3.05, 3.63) is 36.2 Å². The molecule has 13 heavy (non-hydrogen) atoms. The molecule has 68 valence electrons. The molecule has 0 unspecified atom stereocenters. The number of rotatable bonds is 3. The van der Waals surface area contributed by atoms with E-state index < -0.39 is 13.1 Å². The van der Waals surface area contributed by atoms with E-state index in [4.69, 9.17) is 10.0 Å². The molecule has 0 aliphatic heterocycles. The van der Waals surface area contributed by atoms with Gasteiger partial charge in [0.1, 0.15) is 5.75 Å². The van der Waals surface area contributed by atoms with Crippen molar-refractivity contribution >= 4 is 13.4 Å². The lowest BCUT2D eigenvalue weighted by Crippen LogP contribution is -2.21. The van der Waals surface area contributed by atoms with E-state index in [1.807, 2.05) is 0 Å². The van der Waals surface area contributed by atoms with Gasteiger partial charge < -0.3 is 14.7 Å². The predicted molar refractivity (Wildman–Crippen MR) is 47.3 cm³/mol. The van der Waals surface area contributed by atoms with Crippen LogP contribution in [0.15, 0.2) is 24.8 Å². The third-order valence-corrected chi connectivity index (χ3v) is 1.45. The summed E-state index contributed by atoms with van der Waals surface area (Å²) in [5, 5.41) is 16.9. The van der Waals surface area contributed by atoms with Crippen molar-refractivity contribution in [3.63, 3.8) is 0 Å². The molecule has 2 N–H and O–H groups in total. The van der Waals surface area contributed by atoms with Crippen LogP contribution in [0, 0.1) is 5.82 Å². The smallest absolute Gasteiger partial charge is 0.510 e. The molecule has 1 aromatic rings. The van der Waals surface area contributed by atoms with Crippen molar-refractivity contribution in [2.24, 2.45) is 0 Å². The zero-order chi connectivity index (χ0) is 9.84. The molecule has 0 amide bonds. The maximum atomic E-state index is 13.2. The monoisotopic (exact) mass is 182 g/mol. The molecule has 0 spiro atoms. The van der Waals surface area contributed by atoms with Gasteiger partial charge in [-0.3, -0.25) is 0 Å². The summed E-state index contributed by atoms with van der Waals surface area (Å²) in [6.45, 7) is 3.39. The zero-order valence-corrected chi connectivity index (χ0v) is 6.77. The summed E-state index contributed by atoms with van der Waals surface area (Å²) in [4.78, 5) is 0. The first-order chi connectivity index (χ1) is 6.15. The average molecular weight is 182 g/mol. The maximum absolute atomic E-state index is 13.2. The van der Waals surface area contributed by atoms with Crippen LogP contribution in [-0.2, 0) is 0 Å². The van der Waals surface area contributed by atoms with Gasteiger partial charge in [-0.05, 0) is 6.07 Å². The Morgan fingerprint density at radius 3 is 2.69 bits per heavy atom. The van der Waals surface area contributed by atoms with Crippen LogP contribution in [0.1, 0.15) is 5.56 Å². The molecule has 0 bridgehead atoms. The van der Waals surface area contributed by atoms with E-state index in [1.54, 1.807) is 0 Å². The van der Waals surface area contributed by atoms with Gasteiger partial charge in [0.15, 0.2) is 5.82 Å². The minimum Gasteiger partial charge on any atom is -0.510 e. The lowest BCUT2D eigenvalue weighted by atomic mass is 10.2. The van der Waals surface area contributed by atoms with Gasteiger partial charge in [-0.1, -0.05) is 24.8 Å². The van der Waals surface area contributed by atoms with Crippen LogP contribution in [0.25, 0.3) is 6.08 Å². The molecular weight excluding hydrogens is 174 g/mol. The van der Waals surface area contributed by atoms with E-state index in [1.165, 1.54) is 24.3 Å². The molecule has 1 rings (SSSR count). The molecular formula is C8H8BFO3. The van der Waals surface area contributed by atoms with Crippen LogP contribution in [0.2, 0.25) is 0 Å². The fourth-order valence-electron chi connectivity index (χ4n) is 0.890. The van der Waals surface area contributed by atoms with Crippen molar-refractivity contribution < 1.29 is 19.1 Å². The molecule has 0 fully saturated rings. The SMILES string of the molecule is C=Cc1cccc(OB(O)O)c1F. The topological polar surface area (TPSA) is 49.7 Å². The first-order valence-electron chi connectivity index (χ1n) is 3.59. The third-order valence-electron chi connectivity index (χ3n) is 1.45. The van der Waals surface area contributed by atoms with Gasteiger partial charge >= 0.3 is 7.32 Å². The van der Waals surface area contributed by atoms with Gasteiger partial charge in [0, 0.05) is 5.56 Å². The minimum absolute atomic E-state index is 0.215. The Kier molecular flexibility index (Phi) is 3.05. The molecule has 5 heteroatoms. The second kappa shape index (κ2) is 4.07. The highest BCUT2D eigenvalue weighted by Gasteiger charge is 2.15. The van der Waals surface area contributed by atoms with Crippen LogP contribution in [-0.4, -0.2) is 17.4 Å². The second-order valence-corrected chi connectivity index (χ2v) is 2.31. The summed E-state index contributed by atoms with van der Waals surface area (Å²) >= 11 is 0. The number of halogens is 1. The maximum Gasteiger partial charge on any atom is 0.707 e. The van der Waals surface area contributed by atoms with E-state index in [-0.39, 0.29) is 11.3 Å². The van der Waals surface area contributed by atoms with Gasteiger partial charge in [0.05, 0.1) is 0 Å². The molecule has 0 saturated heterocycles. The highest BCUT2D eigenvalue weighted by atomic mass is 19.1.